The molecule has 0 aliphatic rings. The van der Waals surface area contributed by atoms with Crippen LogP contribution in [0.3, 0.4) is 0 Å². The standard InChI is InChI=1S/C21H28N4O2/c1-16(17-10-6-5-7-11-17)24-21(23-15-20(26)25(2)3)22-14-18-12-8-9-13-19(18)27-4/h5-13,16H,14-15H2,1-4H3,(H2,22,23,24). The minimum absolute atomic E-state index is 0.0193. The number of hydrogen-bond donors (Lipinski definition) is 2. The van der Waals surface area contributed by atoms with Crippen LogP contribution in [0.15, 0.2) is 59.6 Å². The first kappa shape index (κ1) is 20.3. The molecule has 0 spiro atoms. The highest BCUT2D eigenvalue weighted by Crippen LogP contribution is 2.18. The van der Waals surface area contributed by atoms with Crippen molar-refractivity contribution < 1.29 is 9.53 Å². The van der Waals surface area contributed by atoms with Gasteiger partial charge in [-0.15, -0.1) is 0 Å². The number of para-hydroxylation sites is 1. The molecule has 6 heteroatoms. The molecule has 1 amide bonds. The normalized spacial score (nSPS) is 12.2. The van der Waals surface area contributed by atoms with Crippen LogP contribution in [0, 0.1) is 0 Å². The quantitative estimate of drug-likeness (QED) is 0.582. The summed E-state index contributed by atoms with van der Waals surface area (Å²) in [7, 11) is 5.11. The van der Waals surface area contributed by atoms with E-state index in [1.165, 1.54) is 0 Å². The number of aliphatic imine (C=N–C) groups is 1. The number of ether oxygens (including phenoxy) is 1. The Morgan fingerprint density at radius 1 is 1.11 bits per heavy atom. The number of benzene rings is 2. The summed E-state index contributed by atoms with van der Waals surface area (Å²) in [5, 5.41) is 6.48. The van der Waals surface area contributed by atoms with E-state index in [-0.39, 0.29) is 18.5 Å². The highest BCUT2D eigenvalue weighted by Gasteiger charge is 2.11. The average molecular weight is 368 g/mol. The summed E-state index contributed by atoms with van der Waals surface area (Å²) in [6, 6.07) is 17.9. The molecular formula is C21H28N4O2. The molecule has 0 bridgehead atoms. The first-order chi connectivity index (χ1) is 13.0. The van der Waals surface area contributed by atoms with Gasteiger partial charge in [-0.1, -0.05) is 48.5 Å². The van der Waals surface area contributed by atoms with E-state index in [9.17, 15) is 4.79 Å². The van der Waals surface area contributed by atoms with E-state index in [2.05, 4.69) is 34.7 Å². The molecule has 2 aromatic rings. The molecule has 144 valence electrons. The van der Waals surface area contributed by atoms with E-state index in [0.29, 0.717) is 12.5 Å². The van der Waals surface area contributed by atoms with Crippen molar-refractivity contribution in [3.63, 3.8) is 0 Å². The molecule has 6 nitrogen and oxygen atoms in total. The van der Waals surface area contributed by atoms with E-state index >= 15 is 0 Å². The van der Waals surface area contributed by atoms with E-state index in [1.807, 2.05) is 42.5 Å². The van der Waals surface area contributed by atoms with Crippen LogP contribution in [0.4, 0.5) is 0 Å². The molecule has 1 unspecified atom stereocenters. The molecule has 0 saturated carbocycles. The molecule has 2 N–H and O–H groups in total. The van der Waals surface area contributed by atoms with Gasteiger partial charge in [-0.2, -0.15) is 0 Å². The number of nitrogens with zero attached hydrogens (tertiary/aromatic N) is 2. The molecule has 0 aromatic heterocycles. The van der Waals surface area contributed by atoms with Gasteiger partial charge in [0.25, 0.3) is 0 Å². The van der Waals surface area contributed by atoms with Gasteiger partial charge < -0.3 is 20.3 Å². The van der Waals surface area contributed by atoms with Gasteiger partial charge in [-0.25, -0.2) is 4.99 Å². The van der Waals surface area contributed by atoms with Gasteiger partial charge in [-0.3, -0.25) is 4.79 Å². The molecule has 27 heavy (non-hydrogen) atoms. The zero-order chi connectivity index (χ0) is 19.6. The maximum absolute atomic E-state index is 11.9. The lowest BCUT2D eigenvalue weighted by Gasteiger charge is -2.19. The summed E-state index contributed by atoms with van der Waals surface area (Å²) < 4.78 is 5.39. The van der Waals surface area contributed by atoms with Gasteiger partial charge >= 0.3 is 0 Å². The maximum atomic E-state index is 11.9. The maximum Gasteiger partial charge on any atom is 0.241 e. The van der Waals surface area contributed by atoms with Crippen molar-refractivity contribution in [2.45, 2.75) is 19.5 Å². The minimum atomic E-state index is -0.0193. The first-order valence-electron chi connectivity index (χ1n) is 8.93. The Balaban J connectivity index is 2.14. The zero-order valence-corrected chi connectivity index (χ0v) is 16.4. The third-order valence-corrected chi connectivity index (χ3v) is 4.16. The van der Waals surface area contributed by atoms with Crippen LogP contribution in [0.2, 0.25) is 0 Å². The number of rotatable bonds is 7. The molecule has 2 rings (SSSR count). The van der Waals surface area contributed by atoms with Crippen LogP contribution in [-0.4, -0.2) is 44.5 Å². The second-order valence-electron chi connectivity index (χ2n) is 6.40. The molecule has 1 atom stereocenters. The summed E-state index contributed by atoms with van der Waals surface area (Å²) >= 11 is 0. The Kier molecular flexibility index (Phi) is 7.67. The Morgan fingerprint density at radius 2 is 1.78 bits per heavy atom. The van der Waals surface area contributed by atoms with Crippen molar-refractivity contribution >= 4 is 11.9 Å². The molecular weight excluding hydrogens is 340 g/mol. The highest BCUT2D eigenvalue weighted by molar-refractivity contribution is 5.86. The Labute approximate surface area is 161 Å². The zero-order valence-electron chi connectivity index (χ0n) is 16.4. The molecule has 2 aromatic carbocycles. The number of guanidine groups is 1. The minimum Gasteiger partial charge on any atom is -0.496 e. The van der Waals surface area contributed by atoms with E-state index in [0.717, 1.165) is 16.9 Å². The van der Waals surface area contributed by atoms with E-state index < -0.39 is 0 Å². The van der Waals surface area contributed by atoms with Crippen molar-refractivity contribution in [3.8, 4) is 5.75 Å². The lowest BCUT2D eigenvalue weighted by Crippen LogP contribution is -2.43. The fourth-order valence-electron chi connectivity index (χ4n) is 2.50. The molecule has 0 saturated heterocycles. The second kappa shape index (κ2) is 10.2. The number of nitrogens with one attached hydrogen (secondary N) is 2. The Morgan fingerprint density at radius 3 is 2.44 bits per heavy atom. The fraction of sp³-hybridized carbons (Fsp3) is 0.333. The fourth-order valence-corrected chi connectivity index (χ4v) is 2.50. The van der Waals surface area contributed by atoms with Crippen molar-refractivity contribution in [2.24, 2.45) is 4.99 Å². The third-order valence-electron chi connectivity index (χ3n) is 4.16. The number of likely N-dealkylation sites (N-methyl/N-ethyl adjacent to an activating group) is 1. The predicted molar refractivity (Wildman–Crippen MR) is 109 cm³/mol. The first-order valence-corrected chi connectivity index (χ1v) is 8.93. The van der Waals surface area contributed by atoms with Gasteiger partial charge in [0, 0.05) is 19.7 Å². The average Bonchev–Trinajstić information content (AvgIpc) is 2.70. The van der Waals surface area contributed by atoms with Crippen molar-refractivity contribution in [2.75, 3.05) is 27.7 Å². The molecule has 0 radical (unpaired) electrons. The summed E-state index contributed by atoms with van der Waals surface area (Å²) in [6.45, 7) is 2.67. The number of carbonyl (C=O) groups excluding carboxylic acids is 1. The van der Waals surface area contributed by atoms with Gasteiger partial charge in [0.2, 0.25) is 5.91 Å². The summed E-state index contributed by atoms with van der Waals surface area (Å²) in [5.74, 6) is 1.35. The van der Waals surface area contributed by atoms with Crippen LogP contribution < -0.4 is 15.4 Å². The van der Waals surface area contributed by atoms with Crippen LogP contribution in [0.5, 0.6) is 5.75 Å². The molecule has 0 fully saturated rings. The lowest BCUT2D eigenvalue weighted by molar-refractivity contribution is -0.127. The van der Waals surface area contributed by atoms with Gasteiger partial charge in [0.15, 0.2) is 5.96 Å². The van der Waals surface area contributed by atoms with Crippen molar-refractivity contribution in [3.05, 3.63) is 65.7 Å². The number of amides is 1. The van der Waals surface area contributed by atoms with Crippen LogP contribution in [0.25, 0.3) is 0 Å². The predicted octanol–water partition coefficient (Wildman–Crippen LogP) is 2.58. The van der Waals surface area contributed by atoms with Crippen LogP contribution in [0.1, 0.15) is 24.1 Å². The lowest BCUT2D eigenvalue weighted by atomic mass is 10.1. The smallest absolute Gasteiger partial charge is 0.241 e. The summed E-state index contributed by atoms with van der Waals surface area (Å²) in [4.78, 5) is 18.1. The Hall–Kier alpha value is -3.02. The number of carbonyl (C=O) groups is 1. The van der Waals surface area contributed by atoms with E-state index in [4.69, 9.17) is 4.74 Å². The van der Waals surface area contributed by atoms with Crippen LogP contribution >= 0.6 is 0 Å². The highest BCUT2D eigenvalue weighted by atomic mass is 16.5. The molecule has 0 heterocycles. The van der Waals surface area contributed by atoms with Crippen molar-refractivity contribution in [1.29, 1.82) is 0 Å². The van der Waals surface area contributed by atoms with Gasteiger partial charge in [0.05, 0.1) is 26.2 Å². The topological polar surface area (TPSA) is 66.0 Å². The molecule has 0 aliphatic heterocycles. The van der Waals surface area contributed by atoms with Gasteiger partial charge in [0.1, 0.15) is 5.75 Å². The number of methoxy groups -OCH3 is 1. The monoisotopic (exact) mass is 368 g/mol. The number of hydrogen-bond acceptors (Lipinski definition) is 3. The largest absolute Gasteiger partial charge is 0.496 e. The second-order valence-corrected chi connectivity index (χ2v) is 6.40. The van der Waals surface area contributed by atoms with Crippen LogP contribution in [-0.2, 0) is 11.3 Å². The summed E-state index contributed by atoms with van der Waals surface area (Å²) in [6.07, 6.45) is 0. The third kappa shape index (κ3) is 6.33. The van der Waals surface area contributed by atoms with Gasteiger partial charge in [-0.05, 0) is 18.6 Å². The SMILES string of the molecule is COc1ccccc1CN=C(NCC(=O)N(C)C)NC(C)c1ccccc1. The van der Waals surface area contributed by atoms with Crippen molar-refractivity contribution in [1.82, 2.24) is 15.5 Å². The Bertz CT molecular complexity index is 760. The van der Waals surface area contributed by atoms with E-state index in [1.54, 1.807) is 26.1 Å². The summed E-state index contributed by atoms with van der Waals surface area (Å²) in [5.41, 5.74) is 2.12. The molecule has 0 aliphatic carbocycles.